The molecule has 1 saturated heterocycles. The fourth-order valence-electron chi connectivity index (χ4n) is 5.49. The van der Waals surface area contributed by atoms with Crippen LogP contribution >= 0.6 is 0 Å². The Morgan fingerprint density at radius 3 is 2.28 bits per heavy atom. The topological polar surface area (TPSA) is 77.2 Å². The first kappa shape index (κ1) is 39.3. The highest BCUT2D eigenvalue weighted by Gasteiger charge is 2.35. The summed E-state index contributed by atoms with van der Waals surface area (Å²) in [5.41, 5.74) is 13.0. The van der Waals surface area contributed by atoms with E-state index in [0.29, 0.717) is 25.2 Å². The zero-order valence-corrected chi connectivity index (χ0v) is 29.2. The van der Waals surface area contributed by atoms with Crippen molar-refractivity contribution in [3.63, 3.8) is 0 Å². The van der Waals surface area contributed by atoms with Gasteiger partial charge in [0, 0.05) is 56.7 Å². The molecular weight excluding hydrogens is 601 g/mol. The zero-order chi connectivity index (χ0) is 35.3. The highest BCUT2D eigenvalue weighted by atomic mass is 19.4. The number of nitrogens with two attached hydrogens (primary N) is 1. The Balaban J connectivity index is 0.000000275. The third kappa shape index (κ3) is 13.4. The van der Waals surface area contributed by atoms with Gasteiger partial charge in [0.2, 0.25) is 5.91 Å². The SMILES string of the molecule is C=C(C)/C=C\C1=C(C)CN(C)C1.C=C/C(=C(\N=C(C)C)NC1CCCN(C(=O)/C=C/C)C1)C(F)(F)F.CN1Cc2ccc(N)cc2C1. The first-order valence-electron chi connectivity index (χ1n) is 15.9. The molecule has 1 unspecified atom stereocenters. The Labute approximate surface area is 279 Å². The van der Waals surface area contributed by atoms with Gasteiger partial charge in [-0.2, -0.15) is 13.2 Å². The van der Waals surface area contributed by atoms with Crippen LogP contribution < -0.4 is 11.1 Å². The van der Waals surface area contributed by atoms with Crippen LogP contribution in [0.2, 0.25) is 0 Å². The van der Waals surface area contributed by atoms with E-state index >= 15 is 0 Å². The molecule has 10 heteroatoms. The van der Waals surface area contributed by atoms with Crippen LogP contribution in [-0.4, -0.2) is 78.8 Å². The Bertz CT molecular complexity index is 1420. The molecule has 3 heterocycles. The summed E-state index contributed by atoms with van der Waals surface area (Å²) in [5.74, 6) is -0.382. The molecule has 0 saturated carbocycles. The molecule has 3 N–H and O–H groups in total. The van der Waals surface area contributed by atoms with Gasteiger partial charge in [0.1, 0.15) is 5.82 Å². The number of carbonyl (C=O) groups is 1. The normalized spacial score (nSPS) is 19.0. The van der Waals surface area contributed by atoms with E-state index in [1.54, 1.807) is 31.7 Å². The summed E-state index contributed by atoms with van der Waals surface area (Å²) in [6.07, 6.45) is 4.98. The summed E-state index contributed by atoms with van der Waals surface area (Å²) in [4.78, 5) is 22.1. The van der Waals surface area contributed by atoms with Gasteiger partial charge < -0.3 is 16.0 Å². The molecule has 3 aliphatic rings. The lowest BCUT2D eigenvalue weighted by molar-refractivity contribution is -0.127. The second-order valence-corrected chi connectivity index (χ2v) is 12.6. The zero-order valence-electron chi connectivity index (χ0n) is 29.2. The van der Waals surface area contributed by atoms with Gasteiger partial charge in [0.25, 0.3) is 0 Å². The van der Waals surface area contributed by atoms with Crippen LogP contribution in [0.3, 0.4) is 0 Å². The van der Waals surface area contributed by atoms with Gasteiger partial charge in [-0.05, 0) is 96.5 Å². The van der Waals surface area contributed by atoms with E-state index in [0.717, 1.165) is 49.9 Å². The molecule has 0 bridgehead atoms. The summed E-state index contributed by atoms with van der Waals surface area (Å²) in [6.45, 7) is 21.5. The molecule has 7 nitrogen and oxygen atoms in total. The second-order valence-electron chi connectivity index (χ2n) is 12.6. The van der Waals surface area contributed by atoms with Crippen molar-refractivity contribution in [3.05, 3.63) is 101 Å². The molecule has 0 radical (unpaired) electrons. The Hall–Kier alpha value is -3.89. The smallest absolute Gasteiger partial charge is 0.399 e. The van der Waals surface area contributed by atoms with E-state index in [1.165, 1.54) is 28.3 Å². The molecule has 1 fully saturated rings. The highest BCUT2D eigenvalue weighted by molar-refractivity contribution is 5.87. The van der Waals surface area contributed by atoms with Crippen LogP contribution in [0.5, 0.6) is 0 Å². The number of aliphatic imine (C=N–C) groups is 1. The molecule has 3 aliphatic heterocycles. The number of benzene rings is 1. The molecule has 1 aromatic rings. The maximum Gasteiger partial charge on any atom is 0.419 e. The van der Waals surface area contributed by atoms with Crippen molar-refractivity contribution >= 4 is 17.3 Å². The number of allylic oxidation sites excluding steroid dienone is 5. The minimum atomic E-state index is -4.54. The summed E-state index contributed by atoms with van der Waals surface area (Å²) in [7, 11) is 4.27. The molecule has 0 aliphatic carbocycles. The first-order valence-corrected chi connectivity index (χ1v) is 15.9. The van der Waals surface area contributed by atoms with Crippen molar-refractivity contribution in [2.24, 2.45) is 4.99 Å². The van der Waals surface area contributed by atoms with E-state index in [9.17, 15) is 18.0 Å². The van der Waals surface area contributed by atoms with Gasteiger partial charge in [0.05, 0.1) is 5.57 Å². The number of fused-ring (bicyclic) bond motifs is 1. The summed E-state index contributed by atoms with van der Waals surface area (Å²) < 4.78 is 39.5. The van der Waals surface area contributed by atoms with Crippen LogP contribution in [0, 0.1) is 0 Å². The quantitative estimate of drug-likeness (QED) is 0.141. The molecular formula is C37H53F3N6O. The average Bonchev–Trinajstić information content (AvgIpc) is 3.50. The lowest BCUT2D eigenvalue weighted by Crippen LogP contribution is -2.47. The van der Waals surface area contributed by atoms with Crippen LogP contribution in [0.1, 0.15) is 58.6 Å². The molecule has 0 aromatic heterocycles. The van der Waals surface area contributed by atoms with Gasteiger partial charge >= 0.3 is 6.18 Å². The number of amides is 1. The number of anilines is 1. The number of rotatable bonds is 7. The third-order valence-electron chi connectivity index (χ3n) is 7.66. The minimum Gasteiger partial charge on any atom is -0.399 e. The Morgan fingerprint density at radius 1 is 1.06 bits per heavy atom. The number of nitrogens with zero attached hydrogens (tertiary/aromatic N) is 4. The highest BCUT2D eigenvalue weighted by Crippen LogP contribution is 2.29. The fourth-order valence-corrected chi connectivity index (χ4v) is 5.49. The average molecular weight is 655 g/mol. The van der Waals surface area contributed by atoms with E-state index in [1.807, 2.05) is 13.0 Å². The third-order valence-corrected chi connectivity index (χ3v) is 7.66. The number of hydrogen-bond donors (Lipinski definition) is 2. The number of likely N-dealkylation sites (N-methyl/N-ethyl adjacent to an activating group) is 1. The van der Waals surface area contributed by atoms with Gasteiger partial charge in [-0.25, -0.2) is 4.99 Å². The van der Waals surface area contributed by atoms with Crippen molar-refractivity contribution < 1.29 is 18.0 Å². The largest absolute Gasteiger partial charge is 0.419 e. The molecule has 1 atom stereocenters. The summed E-state index contributed by atoms with van der Waals surface area (Å²) in [5, 5.41) is 2.85. The van der Waals surface area contributed by atoms with Crippen molar-refractivity contribution in [2.75, 3.05) is 46.0 Å². The number of nitrogen functional groups attached to an aromatic ring is 1. The number of alkyl halides is 3. The van der Waals surface area contributed by atoms with E-state index in [4.69, 9.17) is 5.73 Å². The van der Waals surface area contributed by atoms with E-state index in [-0.39, 0.29) is 17.8 Å². The number of carbonyl (C=O) groups excluding carboxylic acids is 1. The molecule has 258 valence electrons. The van der Waals surface area contributed by atoms with Crippen molar-refractivity contribution in [2.45, 2.75) is 72.8 Å². The van der Waals surface area contributed by atoms with Crippen molar-refractivity contribution in [1.82, 2.24) is 20.0 Å². The number of nitrogens with one attached hydrogen (secondary N) is 1. The summed E-state index contributed by atoms with van der Waals surface area (Å²) >= 11 is 0. The maximum absolute atomic E-state index is 13.2. The second kappa shape index (κ2) is 18.4. The van der Waals surface area contributed by atoms with Crippen LogP contribution in [0.4, 0.5) is 18.9 Å². The lowest BCUT2D eigenvalue weighted by Gasteiger charge is -2.33. The fraction of sp³-hybridized carbons (Fsp3) is 0.459. The van der Waals surface area contributed by atoms with E-state index < -0.39 is 11.7 Å². The number of hydrogen-bond acceptors (Lipinski definition) is 6. The molecule has 47 heavy (non-hydrogen) atoms. The molecule has 0 spiro atoms. The first-order chi connectivity index (χ1) is 22.0. The molecule has 1 aromatic carbocycles. The van der Waals surface area contributed by atoms with Gasteiger partial charge in [-0.3, -0.25) is 14.6 Å². The molecule has 4 rings (SSSR count). The monoisotopic (exact) mass is 654 g/mol. The van der Waals surface area contributed by atoms with Crippen molar-refractivity contribution in [3.8, 4) is 0 Å². The Kier molecular flexibility index (Phi) is 15.4. The summed E-state index contributed by atoms with van der Waals surface area (Å²) in [6, 6.07) is 5.87. The molecule has 1 amide bonds. The van der Waals surface area contributed by atoms with Crippen LogP contribution in [0.25, 0.3) is 0 Å². The van der Waals surface area contributed by atoms with E-state index in [2.05, 4.69) is 78.6 Å². The van der Waals surface area contributed by atoms with Gasteiger partial charge in [0.15, 0.2) is 0 Å². The van der Waals surface area contributed by atoms with Crippen LogP contribution in [0.15, 0.2) is 94.8 Å². The maximum atomic E-state index is 13.2. The number of likely N-dealkylation sites (tertiary alicyclic amines) is 1. The Morgan fingerprint density at radius 2 is 1.72 bits per heavy atom. The van der Waals surface area contributed by atoms with Gasteiger partial charge in [-0.15, -0.1) is 0 Å². The number of piperidine rings is 1. The van der Waals surface area contributed by atoms with Crippen LogP contribution in [-0.2, 0) is 17.9 Å². The number of halogens is 3. The van der Waals surface area contributed by atoms with Gasteiger partial charge in [-0.1, -0.05) is 54.7 Å². The lowest BCUT2D eigenvalue weighted by atomic mass is 10.1. The predicted molar refractivity (Wildman–Crippen MR) is 190 cm³/mol. The minimum absolute atomic E-state index is 0.135. The standard InChI is InChI=1S/C17H24F3N3O.C11H17N.C9H12N2/c1-5-8-15(24)23-10-7-9-13(11-23)22-16(21-12(3)4)14(6-2)17(18,19)20;1-9(2)5-6-11-8-12(4)7-10(11)3;1-11-5-7-2-3-9(10)4-8(7)6-11/h5-6,8,13,22H,2,7,9-11H2,1,3-4H3;5-6H,1,7-8H2,2-4H3;2-4H,5-6,10H2,1H3/b8-5+,16-14-;6-5-;. The van der Waals surface area contributed by atoms with Crippen molar-refractivity contribution in [1.29, 1.82) is 0 Å². The predicted octanol–water partition coefficient (Wildman–Crippen LogP) is 7.18.